The lowest BCUT2D eigenvalue weighted by molar-refractivity contribution is 0.510. The molecule has 1 aliphatic carbocycles. The molecule has 5 nitrogen and oxygen atoms in total. The zero-order valence-electron chi connectivity index (χ0n) is 11.8. The molecule has 1 saturated carbocycles. The van der Waals surface area contributed by atoms with Crippen molar-refractivity contribution in [3.05, 3.63) is 10.5 Å². The van der Waals surface area contributed by atoms with Gasteiger partial charge in [0, 0.05) is 17.8 Å². The average molecular weight is 284 g/mol. The first-order valence-corrected chi connectivity index (χ1v) is 8.24. The van der Waals surface area contributed by atoms with Gasteiger partial charge < -0.3 is 5.32 Å². The van der Waals surface area contributed by atoms with Crippen LogP contribution in [0.15, 0.2) is 9.95 Å². The number of nitrogens with zero attached hydrogens (tertiary/aromatic N) is 2. The molecule has 1 aliphatic rings. The minimum absolute atomic E-state index is 0.0528. The molecular formula is C13H24N4OS. The zero-order valence-corrected chi connectivity index (χ0v) is 12.6. The maximum absolute atomic E-state index is 11.6. The van der Waals surface area contributed by atoms with Crippen molar-refractivity contribution in [2.45, 2.75) is 63.2 Å². The molecule has 0 spiro atoms. The molecule has 0 saturated heterocycles. The van der Waals surface area contributed by atoms with Gasteiger partial charge in [0.2, 0.25) is 0 Å². The fourth-order valence-corrected chi connectivity index (χ4v) is 3.07. The normalized spacial score (nSPS) is 16.7. The molecule has 1 unspecified atom stereocenters. The number of aromatic amines is 1. The molecule has 19 heavy (non-hydrogen) atoms. The van der Waals surface area contributed by atoms with E-state index in [1.165, 1.54) is 12.8 Å². The Morgan fingerprint density at radius 2 is 2.37 bits per heavy atom. The highest BCUT2D eigenvalue weighted by Gasteiger charge is 2.28. The Morgan fingerprint density at radius 1 is 1.58 bits per heavy atom. The summed E-state index contributed by atoms with van der Waals surface area (Å²) in [5.74, 6) is 1.02. The Kier molecular flexibility index (Phi) is 5.51. The third-order valence-corrected chi connectivity index (χ3v) is 4.38. The van der Waals surface area contributed by atoms with Crippen LogP contribution < -0.4 is 11.0 Å². The topological polar surface area (TPSA) is 62.7 Å². The molecule has 0 aromatic carbocycles. The molecule has 0 amide bonds. The Morgan fingerprint density at radius 3 is 3.05 bits per heavy atom. The van der Waals surface area contributed by atoms with Gasteiger partial charge in [-0.3, -0.25) is 4.57 Å². The summed E-state index contributed by atoms with van der Waals surface area (Å²) in [6.07, 6.45) is 5.73. The minimum atomic E-state index is -0.0528. The molecule has 0 bridgehead atoms. The molecule has 1 atom stereocenters. The van der Waals surface area contributed by atoms with Gasteiger partial charge in [-0.1, -0.05) is 18.7 Å². The predicted octanol–water partition coefficient (Wildman–Crippen LogP) is 2.17. The number of hydrogen-bond donors (Lipinski definition) is 2. The first kappa shape index (κ1) is 14.7. The molecule has 1 aromatic rings. The number of H-pyrrole nitrogens is 1. The SMILES string of the molecule is CCCNC(C)CCCSc1n[nH]c(=O)n1C1CC1. The molecule has 0 aliphatic heterocycles. The van der Waals surface area contributed by atoms with Crippen LogP contribution in [0.1, 0.15) is 52.0 Å². The number of nitrogens with one attached hydrogen (secondary N) is 2. The molecular weight excluding hydrogens is 260 g/mol. The van der Waals surface area contributed by atoms with Crippen molar-refractivity contribution in [1.82, 2.24) is 20.1 Å². The van der Waals surface area contributed by atoms with Crippen LogP contribution in [0, 0.1) is 0 Å². The van der Waals surface area contributed by atoms with Crippen molar-refractivity contribution < 1.29 is 0 Å². The van der Waals surface area contributed by atoms with Gasteiger partial charge in [-0.15, -0.1) is 5.10 Å². The van der Waals surface area contributed by atoms with E-state index in [0.29, 0.717) is 12.1 Å². The molecule has 1 aromatic heterocycles. The maximum Gasteiger partial charge on any atom is 0.344 e. The second-order valence-electron chi connectivity index (χ2n) is 5.26. The summed E-state index contributed by atoms with van der Waals surface area (Å²) in [7, 11) is 0. The van der Waals surface area contributed by atoms with Crippen molar-refractivity contribution in [2.75, 3.05) is 12.3 Å². The Hall–Kier alpha value is -0.750. The van der Waals surface area contributed by atoms with Gasteiger partial charge in [0.25, 0.3) is 0 Å². The second kappa shape index (κ2) is 7.14. The van der Waals surface area contributed by atoms with Crippen LogP contribution >= 0.6 is 11.8 Å². The highest BCUT2D eigenvalue weighted by Crippen LogP contribution is 2.36. The van der Waals surface area contributed by atoms with Crippen LogP contribution in [0.25, 0.3) is 0 Å². The summed E-state index contributed by atoms with van der Waals surface area (Å²) < 4.78 is 1.82. The quantitative estimate of drug-likeness (QED) is 0.539. The monoisotopic (exact) mass is 284 g/mol. The van der Waals surface area contributed by atoms with Gasteiger partial charge in [0.05, 0.1) is 0 Å². The lowest BCUT2D eigenvalue weighted by Crippen LogP contribution is -2.26. The van der Waals surface area contributed by atoms with E-state index in [1.807, 2.05) is 4.57 Å². The van der Waals surface area contributed by atoms with Crippen LogP contribution in [0.3, 0.4) is 0 Å². The van der Waals surface area contributed by atoms with E-state index in [1.54, 1.807) is 11.8 Å². The number of thioether (sulfide) groups is 1. The lowest BCUT2D eigenvalue weighted by Gasteiger charge is -2.12. The Bertz CT molecular complexity index is 438. The van der Waals surface area contributed by atoms with Crippen LogP contribution in [0.2, 0.25) is 0 Å². The van der Waals surface area contributed by atoms with E-state index in [2.05, 4.69) is 29.4 Å². The fourth-order valence-electron chi connectivity index (χ4n) is 2.09. The fraction of sp³-hybridized carbons (Fsp3) is 0.846. The van der Waals surface area contributed by atoms with Crippen molar-refractivity contribution in [1.29, 1.82) is 0 Å². The van der Waals surface area contributed by atoms with E-state index in [4.69, 9.17) is 0 Å². The highest BCUT2D eigenvalue weighted by atomic mass is 32.2. The summed E-state index contributed by atoms with van der Waals surface area (Å²) >= 11 is 1.69. The van der Waals surface area contributed by atoms with Crippen LogP contribution in [0.5, 0.6) is 0 Å². The van der Waals surface area contributed by atoms with Crippen molar-refractivity contribution in [3.63, 3.8) is 0 Å². The van der Waals surface area contributed by atoms with Crippen LogP contribution in [-0.4, -0.2) is 33.1 Å². The summed E-state index contributed by atoms with van der Waals surface area (Å²) in [6, 6.07) is 0.976. The van der Waals surface area contributed by atoms with E-state index in [9.17, 15) is 4.79 Å². The molecule has 108 valence electrons. The first-order chi connectivity index (χ1) is 9.22. The smallest absolute Gasteiger partial charge is 0.314 e. The third-order valence-electron chi connectivity index (χ3n) is 3.34. The summed E-state index contributed by atoms with van der Waals surface area (Å²) in [5, 5.41) is 11.0. The lowest BCUT2D eigenvalue weighted by atomic mass is 10.2. The molecule has 2 N–H and O–H groups in total. The van der Waals surface area contributed by atoms with E-state index < -0.39 is 0 Å². The first-order valence-electron chi connectivity index (χ1n) is 7.25. The van der Waals surface area contributed by atoms with E-state index >= 15 is 0 Å². The van der Waals surface area contributed by atoms with Gasteiger partial charge in [-0.25, -0.2) is 9.89 Å². The summed E-state index contributed by atoms with van der Waals surface area (Å²) in [5.41, 5.74) is -0.0528. The van der Waals surface area contributed by atoms with Gasteiger partial charge in [-0.2, -0.15) is 0 Å². The predicted molar refractivity (Wildman–Crippen MR) is 78.8 cm³/mol. The third kappa shape index (κ3) is 4.38. The average Bonchev–Trinajstić information content (AvgIpc) is 3.17. The Balaban J connectivity index is 1.70. The van der Waals surface area contributed by atoms with Crippen molar-refractivity contribution in [2.24, 2.45) is 0 Å². The standard InChI is InChI=1S/C13H24N4OS/c1-3-8-14-10(2)5-4-9-19-13-16-15-12(18)17(13)11-6-7-11/h10-11,14H,3-9H2,1-2H3,(H,15,18). The summed E-state index contributed by atoms with van der Waals surface area (Å²) in [4.78, 5) is 11.6. The van der Waals surface area contributed by atoms with E-state index in [-0.39, 0.29) is 5.69 Å². The largest absolute Gasteiger partial charge is 0.344 e. The summed E-state index contributed by atoms with van der Waals surface area (Å²) in [6.45, 7) is 5.51. The highest BCUT2D eigenvalue weighted by molar-refractivity contribution is 7.99. The van der Waals surface area contributed by atoms with Gasteiger partial charge in [0.15, 0.2) is 5.16 Å². The molecule has 0 radical (unpaired) electrons. The van der Waals surface area contributed by atoms with Gasteiger partial charge in [0.1, 0.15) is 0 Å². The molecule has 1 heterocycles. The van der Waals surface area contributed by atoms with E-state index in [0.717, 1.165) is 36.7 Å². The number of aromatic nitrogens is 3. The maximum atomic E-state index is 11.6. The number of hydrogen-bond acceptors (Lipinski definition) is 4. The number of rotatable bonds is 9. The van der Waals surface area contributed by atoms with Crippen molar-refractivity contribution in [3.8, 4) is 0 Å². The molecule has 2 rings (SSSR count). The Labute approximate surface area is 118 Å². The van der Waals surface area contributed by atoms with Crippen LogP contribution in [-0.2, 0) is 0 Å². The zero-order chi connectivity index (χ0) is 13.7. The molecule has 1 fully saturated rings. The molecule has 6 heteroatoms. The van der Waals surface area contributed by atoms with Crippen molar-refractivity contribution >= 4 is 11.8 Å². The van der Waals surface area contributed by atoms with Gasteiger partial charge >= 0.3 is 5.69 Å². The minimum Gasteiger partial charge on any atom is -0.314 e. The van der Waals surface area contributed by atoms with Gasteiger partial charge in [-0.05, 0) is 45.6 Å². The second-order valence-corrected chi connectivity index (χ2v) is 6.32. The van der Waals surface area contributed by atoms with Crippen LogP contribution in [0.4, 0.5) is 0 Å².